The minimum absolute atomic E-state index is 0.0278. The van der Waals surface area contributed by atoms with Crippen LogP contribution in [-0.2, 0) is 14.4 Å². The van der Waals surface area contributed by atoms with Crippen LogP contribution in [0, 0.1) is 11.6 Å². The molecule has 2 aromatic rings. The second kappa shape index (κ2) is 6.20. The van der Waals surface area contributed by atoms with E-state index < -0.39 is 29.3 Å². The molecule has 5 nitrogen and oxygen atoms in total. The zero-order chi connectivity index (χ0) is 17.4. The Morgan fingerprint density at radius 1 is 1.33 bits per heavy atom. The van der Waals surface area contributed by atoms with E-state index in [1.807, 2.05) is 0 Å². The molecule has 1 heterocycles. The monoisotopic (exact) mass is 397 g/mol. The number of halogens is 3. The molecule has 24 heavy (non-hydrogen) atoms. The van der Waals surface area contributed by atoms with E-state index in [0.717, 1.165) is 6.07 Å². The Hall–Kier alpha value is -2.48. The largest absolute Gasteiger partial charge is 0.508 e. The molecule has 0 spiro atoms. The maximum atomic E-state index is 13.6. The minimum Gasteiger partial charge on any atom is -0.508 e. The van der Waals surface area contributed by atoms with Crippen LogP contribution in [-0.4, -0.2) is 23.9 Å². The molecule has 0 radical (unpaired) electrons. The van der Waals surface area contributed by atoms with Crippen molar-refractivity contribution in [3.8, 4) is 5.75 Å². The number of anilines is 1. The molecule has 1 unspecified atom stereocenters. The van der Waals surface area contributed by atoms with E-state index >= 15 is 0 Å². The summed E-state index contributed by atoms with van der Waals surface area (Å²) >= 11 is 3.37. The molecule has 0 saturated carbocycles. The van der Waals surface area contributed by atoms with Crippen molar-refractivity contribution in [1.82, 2.24) is 0 Å². The van der Waals surface area contributed by atoms with Gasteiger partial charge in [-0.05, 0) is 18.2 Å². The maximum Gasteiger partial charge on any atom is 0.395 e. The van der Waals surface area contributed by atoms with Gasteiger partial charge in [0.05, 0.1) is 12.2 Å². The van der Waals surface area contributed by atoms with E-state index in [2.05, 4.69) is 15.9 Å². The summed E-state index contributed by atoms with van der Waals surface area (Å²) in [6.45, 7) is 0.0379. The first-order valence-electron chi connectivity index (χ1n) is 6.83. The number of carbonyl (C=O) groups is 2. The van der Waals surface area contributed by atoms with Gasteiger partial charge in [-0.3, -0.25) is 4.79 Å². The maximum absolute atomic E-state index is 13.6. The molecule has 3 rings (SSSR count). The normalized spacial score (nSPS) is 16.0. The van der Waals surface area contributed by atoms with Crippen molar-refractivity contribution in [2.45, 2.75) is 5.92 Å². The number of phenols is 1. The number of aromatic hydroxyl groups is 1. The molecule has 1 N–H and O–H groups in total. The summed E-state index contributed by atoms with van der Waals surface area (Å²) in [4.78, 5) is 26.7. The second-order valence-electron chi connectivity index (χ2n) is 5.14. The van der Waals surface area contributed by atoms with Crippen molar-refractivity contribution in [1.29, 1.82) is 0 Å². The van der Waals surface area contributed by atoms with Crippen molar-refractivity contribution < 1.29 is 28.3 Å². The van der Waals surface area contributed by atoms with Gasteiger partial charge >= 0.3 is 5.97 Å². The van der Waals surface area contributed by atoms with Gasteiger partial charge in [-0.1, -0.05) is 22.0 Å². The van der Waals surface area contributed by atoms with E-state index in [4.69, 9.17) is 4.84 Å². The lowest BCUT2D eigenvalue weighted by Gasteiger charge is -2.17. The number of fused-ring (bicyclic) bond motifs is 1. The van der Waals surface area contributed by atoms with Gasteiger partial charge in [-0.25, -0.2) is 18.6 Å². The van der Waals surface area contributed by atoms with Gasteiger partial charge in [-0.2, -0.15) is 0 Å². The van der Waals surface area contributed by atoms with E-state index in [1.54, 1.807) is 18.2 Å². The fourth-order valence-electron chi connectivity index (χ4n) is 2.74. The van der Waals surface area contributed by atoms with Crippen LogP contribution >= 0.6 is 15.9 Å². The third-order valence-corrected chi connectivity index (χ3v) is 4.43. The number of aldehydes is 1. The van der Waals surface area contributed by atoms with Crippen molar-refractivity contribution in [3.05, 3.63) is 57.6 Å². The van der Waals surface area contributed by atoms with Crippen LogP contribution in [0.2, 0.25) is 0 Å². The molecule has 1 aliphatic rings. The lowest BCUT2D eigenvalue weighted by Crippen LogP contribution is -2.26. The standard InChI is InChI=1S/C16H10BrF2NO4/c17-10-2-1-3-13-16(10)9(6-20(13)24-15(23)7-21)8-4-11(18)12(19)5-14(8)22/h1-5,7,9,22H,6H2. The van der Waals surface area contributed by atoms with Gasteiger partial charge < -0.3 is 9.94 Å². The Kier molecular flexibility index (Phi) is 4.23. The summed E-state index contributed by atoms with van der Waals surface area (Å²) in [5.74, 6) is -4.35. The Balaban J connectivity index is 2.10. The van der Waals surface area contributed by atoms with E-state index in [0.29, 0.717) is 21.8 Å². The fraction of sp³-hybridized carbons (Fsp3) is 0.125. The molecule has 0 saturated heterocycles. The highest BCUT2D eigenvalue weighted by atomic mass is 79.9. The molecule has 2 aromatic carbocycles. The molecule has 0 aliphatic carbocycles. The van der Waals surface area contributed by atoms with Crippen molar-refractivity contribution in [3.63, 3.8) is 0 Å². The van der Waals surface area contributed by atoms with Crippen molar-refractivity contribution in [2.75, 3.05) is 11.6 Å². The highest BCUT2D eigenvalue weighted by Gasteiger charge is 2.35. The quantitative estimate of drug-likeness (QED) is 0.636. The number of hydrogen-bond donors (Lipinski definition) is 1. The Morgan fingerprint density at radius 3 is 2.75 bits per heavy atom. The van der Waals surface area contributed by atoms with E-state index in [1.165, 1.54) is 5.06 Å². The molecule has 8 heteroatoms. The van der Waals surface area contributed by atoms with Crippen molar-refractivity contribution in [2.24, 2.45) is 0 Å². The SMILES string of the molecule is O=CC(=O)ON1CC(c2cc(F)c(F)cc2O)c2c(Br)cccc21. The highest BCUT2D eigenvalue weighted by Crippen LogP contribution is 2.46. The number of hydrogen-bond acceptors (Lipinski definition) is 5. The van der Waals surface area contributed by atoms with Crippen LogP contribution in [0.15, 0.2) is 34.8 Å². The number of carbonyl (C=O) groups excluding carboxylic acids is 2. The van der Waals surface area contributed by atoms with Gasteiger partial charge in [0, 0.05) is 27.6 Å². The van der Waals surface area contributed by atoms with Crippen LogP contribution in [0.25, 0.3) is 0 Å². The number of hydroxylamine groups is 1. The van der Waals surface area contributed by atoms with Crippen molar-refractivity contribution >= 4 is 33.9 Å². The topological polar surface area (TPSA) is 66.8 Å². The van der Waals surface area contributed by atoms with Crippen LogP contribution < -0.4 is 5.06 Å². The Bertz CT molecular complexity index is 843. The molecule has 1 atom stereocenters. The zero-order valence-electron chi connectivity index (χ0n) is 12.0. The van der Waals surface area contributed by atoms with Crippen LogP contribution in [0.5, 0.6) is 5.75 Å². The average Bonchev–Trinajstić information content (AvgIpc) is 2.90. The average molecular weight is 398 g/mol. The lowest BCUT2D eigenvalue weighted by atomic mass is 9.92. The van der Waals surface area contributed by atoms with Crippen LogP contribution in [0.1, 0.15) is 17.0 Å². The number of rotatable bonds is 3. The molecule has 124 valence electrons. The summed E-state index contributed by atoms with van der Waals surface area (Å²) in [6.07, 6.45) is 0.0278. The lowest BCUT2D eigenvalue weighted by molar-refractivity contribution is -0.149. The van der Waals surface area contributed by atoms with Gasteiger partial charge in [0.1, 0.15) is 5.75 Å². The summed E-state index contributed by atoms with van der Waals surface area (Å²) in [6, 6.07) is 6.67. The smallest absolute Gasteiger partial charge is 0.395 e. The summed E-state index contributed by atoms with van der Waals surface area (Å²) in [7, 11) is 0. The predicted molar refractivity (Wildman–Crippen MR) is 83.5 cm³/mol. The van der Waals surface area contributed by atoms with Gasteiger partial charge in [0.15, 0.2) is 11.6 Å². The Morgan fingerprint density at radius 2 is 2.04 bits per heavy atom. The predicted octanol–water partition coefficient (Wildman–Crippen LogP) is 3.04. The fourth-order valence-corrected chi connectivity index (χ4v) is 3.38. The minimum atomic E-state index is -1.16. The third-order valence-electron chi connectivity index (χ3n) is 3.74. The number of nitrogens with zero attached hydrogens (tertiary/aromatic N) is 1. The molecule has 1 aliphatic heterocycles. The summed E-state index contributed by atoms with van der Waals surface area (Å²) in [5.41, 5.74) is 1.25. The highest BCUT2D eigenvalue weighted by molar-refractivity contribution is 9.10. The summed E-state index contributed by atoms with van der Waals surface area (Å²) < 4.78 is 27.5. The summed E-state index contributed by atoms with van der Waals surface area (Å²) in [5, 5.41) is 11.2. The second-order valence-corrected chi connectivity index (χ2v) is 5.99. The molecular weight excluding hydrogens is 388 g/mol. The zero-order valence-corrected chi connectivity index (χ0v) is 13.6. The Labute approximate surface area is 143 Å². The molecule has 0 fully saturated rings. The first-order chi connectivity index (χ1) is 11.4. The van der Waals surface area contributed by atoms with Gasteiger partial charge in [-0.15, -0.1) is 0 Å². The first kappa shape index (κ1) is 16.4. The van der Waals surface area contributed by atoms with E-state index in [-0.39, 0.29) is 18.4 Å². The van der Waals surface area contributed by atoms with Gasteiger partial charge in [0.2, 0.25) is 6.29 Å². The van der Waals surface area contributed by atoms with Gasteiger partial charge in [0.25, 0.3) is 0 Å². The van der Waals surface area contributed by atoms with Crippen LogP contribution in [0.4, 0.5) is 14.5 Å². The molecule has 0 aromatic heterocycles. The van der Waals surface area contributed by atoms with Crippen LogP contribution in [0.3, 0.4) is 0 Å². The number of phenolic OH excluding ortho intramolecular Hbond substituents is 1. The van der Waals surface area contributed by atoms with E-state index in [9.17, 15) is 23.5 Å². The molecule has 0 amide bonds. The molecular formula is C16H10BrF2NO4. The number of benzene rings is 2. The first-order valence-corrected chi connectivity index (χ1v) is 7.62. The molecule has 0 bridgehead atoms. The third kappa shape index (κ3) is 2.73.